The third-order valence-corrected chi connectivity index (χ3v) is 5.94. The van der Waals surface area contributed by atoms with Gasteiger partial charge in [-0.1, -0.05) is 6.92 Å². The first-order valence-corrected chi connectivity index (χ1v) is 10.8. The summed E-state index contributed by atoms with van der Waals surface area (Å²) in [4.78, 5) is 12.4. The van der Waals surface area contributed by atoms with Gasteiger partial charge in [-0.3, -0.25) is 4.72 Å². The van der Waals surface area contributed by atoms with Gasteiger partial charge in [0, 0.05) is 17.5 Å². The quantitative estimate of drug-likeness (QED) is 0.556. The maximum absolute atomic E-state index is 13.3. The minimum atomic E-state index is -3.94. The molecule has 1 aromatic heterocycles. The average Bonchev–Trinajstić information content (AvgIpc) is 2.99. The van der Waals surface area contributed by atoms with Crippen molar-refractivity contribution < 1.29 is 26.8 Å². The monoisotopic (exact) mass is 419 g/mol. The first-order chi connectivity index (χ1) is 13.8. The van der Waals surface area contributed by atoms with Gasteiger partial charge in [0.25, 0.3) is 10.0 Å². The number of hydrogen-bond donors (Lipinski definition) is 1. The van der Waals surface area contributed by atoms with Gasteiger partial charge in [0.05, 0.1) is 11.5 Å². The molecule has 0 unspecified atom stereocenters. The molecule has 1 heterocycles. The summed E-state index contributed by atoms with van der Waals surface area (Å²) in [6, 6.07) is 8.16. The highest BCUT2D eigenvalue weighted by Gasteiger charge is 2.23. The fraction of sp³-hybridized carbons (Fsp3) is 0.286. The second-order valence-corrected chi connectivity index (χ2v) is 8.25. The minimum Gasteiger partial charge on any atom is -0.462 e. The number of ether oxygens (including phenoxy) is 1. The zero-order valence-corrected chi connectivity index (χ0v) is 17.2. The maximum atomic E-state index is 13.3. The van der Waals surface area contributed by atoms with Crippen molar-refractivity contribution in [3.8, 4) is 0 Å². The number of carbonyl (C=O) groups excluding carboxylic acids is 1. The van der Waals surface area contributed by atoms with Gasteiger partial charge in [0.1, 0.15) is 22.7 Å². The van der Waals surface area contributed by atoms with E-state index in [9.17, 15) is 17.6 Å². The van der Waals surface area contributed by atoms with E-state index in [0.717, 1.165) is 18.6 Å². The minimum absolute atomic E-state index is 0.0246. The van der Waals surface area contributed by atoms with Crippen LogP contribution < -0.4 is 4.72 Å². The number of anilines is 1. The lowest BCUT2D eigenvalue weighted by molar-refractivity contribution is 0.0526. The van der Waals surface area contributed by atoms with Crippen molar-refractivity contribution in [1.29, 1.82) is 0 Å². The molecule has 3 rings (SSSR count). The van der Waals surface area contributed by atoms with Crippen molar-refractivity contribution in [3.63, 3.8) is 0 Å². The molecule has 8 heteroatoms. The molecule has 0 spiro atoms. The summed E-state index contributed by atoms with van der Waals surface area (Å²) >= 11 is 0. The highest BCUT2D eigenvalue weighted by atomic mass is 32.2. The zero-order chi connectivity index (χ0) is 21.2. The van der Waals surface area contributed by atoms with Gasteiger partial charge in [-0.2, -0.15) is 0 Å². The molecule has 3 aromatic rings. The summed E-state index contributed by atoms with van der Waals surface area (Å²) in [6.07, 6.45) is 1.33. The molecular formula is C21H22FNO5S. The van der Waals surface area contributed by atoms with Gasteiger partial charge in [0.2, 0.25) is 0 Å². The Kier molecular flexibility index (Phi) is 5.93. The summed E-state index contributed by atoms with van der Waals surface area (Å²) in [5.74, 6) is -0.511. The van der Waals surface area contributed by atoms with Gasteiger partial charge in [-0.15, -0.1) is 0 Å². The molecule has 0 aliphatic rings. The summed E-state index contributed by atoms with van der Waals surface area (Å²) in [5, 5.41) is 0.475. The number of carbonyl (C=O) groups is 1. The van der Waals surface area contributed by atoms with E-state index in [1.54, 1.807) is 25.1 Å². The topological polar surface area (TPSA) is 85.6 Å². The van der Waals surface area contributed by atoms with Crippen LogP contribution in [0.4, 0.5) is 10.1 Å². The Morgan fingerprint density at radius 2 is 1.93 bits per heavy atom. The van der Waals surface area contributed by atoms with E-state index in [1.807, 2.05) is 6.92 Å². The number of sulfonamides is 1. The van der Waals surface area contributed by atoms with Crippen molar-refractivity contribution in [2.75, 3.05) is 11.3 Å². The van der Waals surface area contributed by atoms with Crippen LogP contribution in [0.25, 0.3) is 11.0 Å². The number of halogens is 1. The molecule has 0 amide bonds. The molecular weight excluding hydrogens is 397 g/mol. The van der Waals surface area contributed by atoms with Gasteiger partial charge in [0.15, 0.2) is 0 Å². The maximum Gasteiger partial charge on any atom is 0.342 e. The summed E-state index contributed by atoms with van der Waals surface area (Å²) in [7, 11) is -3.94. The van der Waals surface area contributed by atoms with E-state index in [0.29, 0.717) is 34.3 Å². The Balaban J connectivity index is 2.04. The number of nitrogens with one attached hydrogen (secondary N) is 1. The second kappa shape index (κ2) is 8.24. The first-order valence-electron chi connectivity index (χ1n) is 9.28. The van der Waals surface area contributed by atoms with Crippen LogP contribution >= 0.6 is 0 Å². The predicted molar refractivity (Wildman–Crippen MR) is 108 cm³/mol. The molecule has 0 bridgehead atoms. The summed E-state index contributed by atoms with van der Waals surface area (Å²) < 4.78 is 52.2. The van der Waals surface area contributed by atoms with Crippen LogP contribution in [0, 0.1) is 12.7 Å². The van der Waals surface area contributed by atoms with E-state index in [4.69, 9.17) is 9.15 Å². The van der Waals surface area contributed by atoms with Gasteiger partial charge in [-0.05, 0) is 62.2 Å². The fourth-order valence-electron chi connectivity index (χ4n) is 3.17. The van der Waals surface area contributed by atoms with E-state index < -0.39 is 21.8 Å². The number of esters is 1. The lowest BCUT2D eigenvalue weighted by Gasteiger charge is -2.10. The van der Waals surface area contributed by atoms with Gasteiger partial charge in [-0.25, -0.2) is 17.6 Å². The van der Waals surface area contributed by atoms with Crippen molar-refractivity contribution in [3.05, 3.63) is 59.1 Å². The van der Waals surface area contributed by atoms with Crippen molar-refractivity contribution >= 4 is 32.6 Å². The van der Waals surface area contributed by atoms with Crippen molar-refractivity contribution in [1.82, 2.24) is 0 Å². The van der Waals surface area contributed by atoms with Crippen LogP contribution in [0.3, 0.4) is 0 Å². The van der Waals surface area contributed by atoms with Crippen LogP contribution in [0.15, 0.2) is 45.7 Å². The number of benzene rings is 2. The molecule has 29 heavy (non-hydrogen) atoms. The Bertz CT molecular complexity index is 1170. The molecule has 0 atom stereocenters. The third-order valence-electron chi connectivity index (χ3n) is 4.40. The number of furan rings is 1. The SMILES string of the molecule is CCCc1oc2ccc(NS(=O)(=O)c3ccc(F)cc3C)cc2c1C(=O)OCC. The van der Waals surface area contributed by atoms with Crippen LogP contribution in [-0.2, 0) is 21.2 Å². The van der Waals surface area contributed by atoms with E-state index in [1.165, 1.54) is 13.0 Å². The lowest BCUT2D eigenvalue weighted by Crippen LogP contribution is -2.14. The highest BCUT2D eigenvalue weighted by molar-refractivity contribution is 7.92. The molecule has 1 N–H and O–H groups in total. The third kappa shape index (κ3) is 4.27. The number of aryl methyl sites for hydroxylation is 2. The zero-order valence-electron chi connectivity index (χ0n) is 16.4. The second-order valence-electron chi connectivity index (χ2n) is 6.60. The largest absolute Gasteiger partial charge is 0.462 e. The molecule has 0 aliphatic carbocycles. The summed E-state index contributed by atoms with van der Waals surface area (Å²) in [6.45, 7) is 5.41. The summed E-state index contributed by atoms with van der Waals surface area (Å²) in [5.41, 5.74) is 1.33. The normalized spacial score (nSPS) is 11.6. The molecule has 0 saturated carbocycles. The average molecular weight is 419 g/mol. The van der Waals surface area contributed by atoms with E-state index in [2.05, 4.69) is 4.72 Å². The van der Waals surface area contributed by atoms with Crippen LogP contribution in [0.5, 0.6) is 0 Å². The molecule has 6 nitrogen and oxygen atoms in total. The molecule has 0 fully saturated rings. The fourth-order valence-corrected chi connectivity index (χ4v) is 4.44. The smallest absolute Gasteiger partial charge is 0.342 e. The lowest BCUT2D eigenvalue weighted by atomic mass is 10.1. The number of hydrogen-bond acceptors (Lipinski definition) is 5. The Morgan fingerprint density at radius 3 is 2.59 bits per heavy atom. The Hall–Kier alpha value is -2.87. The number of rotatable bonds is 7. The molecule has 0 aliphatic heterocycles. The van der Waals surface area contributed by atoms with Gasteiger partial charge < -0.3 is 9.15 Å². The Morgan fingerprint density at radius 1 is 1.17 bits per heavy atom. The molecule has 154 valence electrons. The van der Waals surface area contributed by atoms with E-state index in [-0.39, 0.29) is 17.2 Å². The molecule has 2 aromatic carbocycles. The van der Waals surface area contributed by atoms with Crippen LogP contribution in [-0.4, -0.2) is 21.0 Å². The first kappa shape index (κ1) is 20.9. The highest BCUT2D eigenvalue weighted by Crippen LogP contribution is 2.31. The Labute approximate surface area is 168 Å². The van der Waals surface area contributed by atoms with Crippen molar-refractivity contribution in [2.24, 2.45) is 0 Å². The predicted octanol–water partition coefficient (Wildman–Crippen LogP) is 4.81. The van der Waals surface area contributed by atoms with Crippen LogP contribution in [0.2, 0.25) is 0 Å². The van der Waals surface area contributed by atoms with Crippen molar-refractivity contribution in [2.45, 2.75) is 38.5 Å². The van der Waals surface area contributed by atoms with Gasteiger partial charge >= 0.3 is 5.97 Å². The molecule has 0 radical (unpaired) electrons. The molecule has 0 saturated heterocycles. The standard InChI is InChI=1S/C21H22FNO5S/c1-4-6-18-20(21(24)27-5-2)16-12-15(8-9-17(16)28-18)23-29(25,26)19-10-7-14(22)11-13(19)3/h7-12,23H,4-6H2,1-3H3. The number of fused-ring (bicyclic) bond motifs is 1. The van der Waals surface area contributed by atoms with Crippen LogP contribution in [0.1, 0.15) is 41.9 Å². The van der Waals surface area contributed by atoms with E-state index >= 15 is 0 Å².